The predicted octanol–water partition coefficient (Wildman–Crippen LogP) is 2.56. The molecule has 0 atom stereocenters. The molecule has 88 valence electrons. The average Bonchev–Trinajstić information content (AvgIpc) is 2.71. The maximum Gasteiger partial charge on any atom is 0.266 e. The molecule has 0 bridgehead atoms. The number of amides is 1. The average molecular weight is 268 g/mol. The quantitative estimate of drug-likeness (QED) is 0.840. The van der Waals surface area contributed by atoms with Crippen LogP contribution in [-0.4, -0.2) is 34.9 Å². The first kappa shape index (κ1) is 12.0. The summed E-state index contributed by atoms with van der Waals surface area (Å²) in [5.41, 5.74) is 0.859. The van der Waals surface area contributed by atoms with Gasteiger partial charge in [0.1, 0.15) is 9.88 Å². The summed E-state index contributed by atoms with van der Waals surface area (Å²) in [6.07, 6.45) is 3.38. The highest BCUT2D eigenvalue weighted by Gasteiger charge is 2.18. The Balaban J connectivity index is 2.41. The van der Waals surface area contributed by atoms with Gasteiger partial charge in [0, 0.05) is 32.1 Å². The minimum absolute atomic E-state index is 0.136. The molecule has 0 spiro atoms. The summed E-state index contributed by atoms with van der Waals surface area (Å²) >= 11 is 7.24. The molecule has 1 amide bonds. The molecule has 0 saturated carbocycles. The van der Waals surface area contributed by atoms with E-state index in [1.54, 1.807) is 26.5 Å². The Bertz CT molecular complexity index is 539. The van der Waals surface area contributed by atoms with E-state index in [-0.39, 0.29) is 11.1 Å². The van der Waals surface area contributed by atoms with Crippen LogP contribution in [0.3, 0.4) is 0 Å². The molecule has 0 N–H and O–H groups in total. The van der Waals surface area contributed by atoms with Gasteiger partial charge in [-0.1, -0.05) is 11.6 Å². The SMILES string of the molecule is CN(C)C(=O)c1sc(-c2cccnc2)nc1Cl. The molecule has 4 nitrogen and oxygen atoms in total. The topological polar surface area (TPSA) is 46.1 Å². The van der Waals surface area contributed by atoms with Crippen molar-refractivity contribution in [3.05, 3.63) is 34.6 Å². The van der Waals surface area contributed by atoms with E-state index in [0.717, 1.165) is 5.56 Å². The molecule has 2 heterocycles. The standard InChI is InChI=1S/C11H10ClN3OS/c1-15(2)11(16)8-9(12)14-10(17-8)7-4-3-5-13-6-7/h3-6H,1-2H3. The summed E-state index contributed by atoms with van der Waals surface area (Å²) in [5.74, 6) is -0.136. The van der Waals surface area contributed by atoms with Gasteiger partial charge in [0.25, 0.3) is 5.91 Å². The van der Waals surface area contributed by atoms with Crippen LogP contribution in [-0.2, 0) is 0 Å². The van der Waals surface area contributed by atoms with Crippen molar-refractivity contribution < 1.29 is 4.79 Å². The molecule has 0 radical (unpaired) electrons. The van der Waals surface area contributed by atoms with E-state index in [9.17, 15) is 4.79 Å². The molecule has 0 aliphatic carbocycles. The van der Waals surface area contributed by atoms with Crippen molar-refractivity contribution in [2.75, 3.05) is 14.1 Å². The number of hydrogen-bond donors (Lipinski definition) is 0. The highest BCUT2D eigenvalue weighted by molar-refractivity contribution is 7.17. The molecular weight excluding hydrogens is 258 g/mol. The van der Waals surface area contributed by atoms with Crippen molar-refractivity contribution in [1.82, 2.24) is 14.9 Å². The van der Waals surface area contributed by atoms with Crippen LogP contribution in [0.5, 0.6) is 0 Å². The first-order valence-electron chi connectivity index (χ1n) is 4.88. The van der Waals surface area contributed by atoms with Gasteiger partial charge in [-0.25, -0.2) is 4.98 Å². The van der Waals surface area contributed by atoms with Crippen molar-refractivity contribution in [2.45, 2.75) is 0 Å². The Labute approximate surface area is 108 Å². The molecule has 2 aromatic heterocycles. The van der Waals surface area contributed by atoms with E-state index in [1.165, 1.54) is 16.2 Å². The summed E-state index contributed by atoms with van der Waals surface area (Å²) in [4.78, 5) is 21.9. The highest BCUT2D eigenvalue weighted by atomic mass is 35.5. The lowest BCUT2D eigenvalue weighted by molar-refractivity contribution is 0.0832. The van der Waals surface area contributed by atoms with Crippen molar-refractivity contribution >= 4 is 28.8 Å². The normalized spacial score (nSPS) is 10.3. The molecule has 0 unspecified atom stereocenters. The lowest BCUT2D eigenvalue weighted by Crippen LogP contribution is -2.20. The summed E-state index contributed by atoms with van der Waals surface area (Å²) in [6.45, 7) is 0. The maximum absolute atomic E-state index is 11.8. The van der Waals surface area contributed by atoms with E-state index in [4.69, 9.17) is 11.6 Å². The fraction of sp³-hybridized carbons (Fsp3) is 0.182. The van der Waals surface area contributed by atoms with E-state index in [0.29, 0.717) is 9.88 Å². The minimum Gasteiger partial charge on any atom is -0.344 e. The van der Waals surface area contributed by atoms with Gasteiger partial charge >= 0.3 is 0 Å². The van der Waals surface area contributed by atoms with E-state index < -0.39 is 0 Å². The van der Waals surface area contributed by atoms with Gasteiger partial charge in [0.05, 0.1) is 0 Å². The van der Waals surface area contributed by atoms with Gasteiger partial charge in [-0.15, -0.1) is 11.3 Å². The number of hydrogen-bond acceptors (Lipinski definition) is 4. The van der Waals surface area contributed by atoms with Crippen LogP contribution in [0.25, 0.3) is 10.6 Å². The number of carbonyl (C=O) groups excluding carboxylic acids is 1. The second-order valence-electron chi connectivity index (χ2n) is 3.58. The third-order valence-corrected chi connectivity index (χ3v) is 3.57. The summed E-state index contributed by atoms with van der Waals surface area (Å²) in [6, 6.07) is 3.70. The first-order valence-corrected chi connectivity index (χ1v) is 6.07. The minimum atomic E-state index is -0.136. The Hall–Kier alpha value is -1.46. The van der Waals surface area contributed by atoms with Crippen molar-refractivity contribution in [3.63, 3.8) is 0 Å². The smallest absolute Gasteiger partial charge is 0.266 e. The van der Waals surface area contributed by atoms with Gasteiger partial charge in [0.2, 0.25) is 0 Å². The number of halogens is 1. The van der Waals surface area contributed by atoms with Gasteiger partial charge in [-0.05, 0) is 12.1 Å². The second-order valence-corrected chi connectivity index (χ2v) is 4.94. The second kappa shape index (κ2) is 4.81. The number of thiazole rings is 1. The van der Waals surface area contributed by atoms with Crippen molar-refractivity contribution in [1.29, 1.82) is 0 Å². The summed E-state index contributed by atoms with van der Waals surface area (Å²) in [7, 11) is 3.37. The largest absolute Gasteiger partial charge is 0.344 e. The molecule has 17 heavy (non-hydrogen) atoms. The zero-order valence-corrected chi connectivity index (χ0v) is 10.9. The molecule has 0 saturated heterocycles. The number of aromatic nitrogens is 2. The van der Waals surface area contributed by atoms with Gasteiger partial charge in [0.15, 0.2) is 5.15 Å². The number of rotatable bonds is 2. The van der Waals surface area contributed by atoms with Crippen molar-refractivity contribution in [3.8, 4) is 10.6 Å². The zero-order chi connectivity index (χ0) is 12.4. The molecule has 0 aliphatic rings. The van der Waals surface area contributed by atoms with Crippen LogP contribution in [0.15, 0.2) is 24.5 Å². The molecule has 2 aromatic rings. The Morgan fingerprint density at radius 1 is 1.47 bits per heavy atom. The summed E-state index contributed by atoms with van der Waals surface area (Å²) in [5, 5.41) is 0.945. The zero-order valence-electron chi connectivity index (χ0n) is 9.35. The maximum atomic E-state index is 11.8. The lowest BCUT2D eigenvalue weighted by atomic mass is 10.3. The molecule has 6 heteroatoms. The molecule has 2 rings (SSSR count). The summed E-state index contributed by atoms with van der Waals surface area (Å²) < 4.78 is 0. The lowest BCUT2D eigenvalue weighted by Gasteiger charge is -2.07. The third-order valence-electron chi connectivity index (χ3n) is 2.09. The van der Waals surface area contributed by atoms with E-state index in [1.807, 2.05) is 12.1 Å². The Morgan fingerprint density at radius 3 is 2.82 bits per heavy atom. The van der Waals surface area contributed by atoms with Crippen LogP contribution in [0.1, 0.15) is 9.67 Å². The Morgan fingerprint density at radius 2 is 2.24 bits per heavy atom. The number of nitrogens with zero attached hydrogens (tertiary/aromatic N) is 3. The monoisotopic (exact) mass is 267 g/mol. The van der Waals surface area contributed by atoms with Gasteiger partial charge in [-0.2, -0.15) is 0 Å². The van der Waals surface area contributed by atoms with Crippen LogP contribution in [0.2, 0.25) is 5.15 Å². The van der Waals surface area contributed by atoms with Crippen LogP contribution in [0.4, 0.5) is 0 Å². The predicted molar refractivity (Wildman–Crippen MR) is 68.4 cm³/mol. The molecule has 0 aliphatic heterocycles. The fourth-order valence-electron chi connectivity index (χ4n) is 1.25. The van der Waals surface area contributed by atoms with Crippen LogP contribution < -0.4 is 0 Å². The first-order chi connectivity index (χ1) is 8.09. The third kappa shape index (κ3) is 2.45. The van der Waals surface area contributed by atoms with Crippen LogP contribution in [0, 0.1) is 0 Å². The van der Waals surface area contributed by atoms with E-state index in [2.05, 4.69) is 9.97 Å². The van der Waals surface area contributed by atoms with Gasteiger partial charge < -0.3 is 4.90 Å². The van der Waals surface area contributed by atoms with Crippen LogP contribution >= 0.6 is 22.9 Å². The van der Waals surface area contributed by atoms with E-state index >= 15 is 0 Å². The molecule has 0 aromatic carbocycles. The molecule has 0 fully saturated rings. The number of pyridine rings is 1. The van der Waals surface area contributed by atoms with Crippen molar-refractivity contribution in [2.24, 2.45) is 0 Å². The molecular formula is C11H10ClN3OS. The van der Waals surface area contributed by atoms with Gasteiger partial charge in [-0.3, -0.25) is 9.78 Å². The highest BCUT2D eigenvalue weighted by Crippen LogP contribution is 2.30. The Kier molecular flexibility index (Phi) is 3.40. The number of carbonyl (C=O) groups is 1. The fourth-order valence-corrected chi connectivity index (χ4v) is 2.55.